The molecule has 1 aromatic carbocycles. The number of methoxy groups -OCH3 is 1. The van der Waals surface area contributed by atoms with Crippen LogP contribution in [0.1, 0.15) is 45.0 Å². The summed E-state index contributed by atoms with van der Waals surface area (Å²) in [5.74, 6) is 0.678. The highest BCUT2D eigenvalue weighted by Gasteiger charge is 2.32. The number of rotatable bonds is 8. The third kappa shape index (κ3) is 6.52. The fraction of sp³-hybridized carbons (Fsp3) is 0.500. The summed E-state index contributed by atoms with van der Waals surface area (Å²) in [4.78, 5) is 8.93. The molecule has 5 nitrogen and oxygen atoms in total. The van der Waals surface area contributed by atoms with Gasteiger partial charge < -0.3 is 9.29 Å². The number of thioether (sulfide) groups is 1. The summed E-state index contributed by atoms with van der Waals surface area (Å²) in [6.07, 6.45) is 2.63. The molecule has 3 atom stereocenters. The molecule has 0 unspecified atom stereocenters. The highest BCUT2D eigenvalue weighted by Crippen LogP contribution is 2.30. The van der Waals surface area contributed by atoms with E-state index >= 15 is 0 Å². The molecule has 154 valence electrons. The van der Waals surface area contributed by atoms with Crippen molar-refractivity contribution in [1.82, 2.24) is 14.7 Å². The van der Waals surface area contributed by atoms with E-state index in [2.05, 4.69) is 21.6 Å². The Morgan fingerprint density at radius 1 is 1.25 bits per heavy atom. The maximum absolute atomic E-state index is 12.8. The summed E-state index contributed by atoms with van der Waals surface area (Å²) in [6.45, 7) is 8.00. The minimum absolute atomic E-state index is 0.115. The van der Waals surface area contributed by atoms with E-state index < -0.39 is 11.4 Å². The third-order valence-electron chi connectivity index (χ3n) is 4.25. The molecular weight excluding hydrogens is 414 g/mol. The van der Waals surface area contributed by atoms with Crippen LogP contribution in [-0.2, 0) is 17.8 Å². The number of hydrogen-bond acceptors (Lipinski definition) is 6. The van der Waals surface area contributed by atoms with Crippen molar-refractivity contribution in [3.05, 3.63) is 46.6 Å². The van der Waals surface area contributed by atoms with Gasteiger partial charge in [0.05, 0.1) is 13.2 Å². The van der Waals surface area contributed by atoms with Gasteiger partial charge in [-0.15, -0.1) is 4.72 Å². The van der Waals surface area contributed by atoms with Crippen LogP contribution in [-0.4, -0.2) is 32.6 Å². The Hall–Kier alpha value is -0.990. The molecule has 0 radical (unpaired) electrons. The first-order chi connectivity index (χ1) is 13.1. The highest BCUT2D eigenvalue weighted by atomic mass is 35.5. The first kappa shape index (κ1) is 23.3. The van der Waals surface area contributed by atoms with Crippen LogP contribution in [0.15, 0.2) is 35.5 Å². The second kappa shape index (κ2) is 10.2. The predicted octanol–water partition coefficient (Wildman–Crippen LogP) is 4.83. The average molecular weight is 442 g/mol. The van der Waals surface area contributed by atoms with E-state index in [0.29, 0.717) is 22.5 Å². The molecule has 2 aromatic rings. The van der Waals surface area contributed by atoms with Gasteiger partial charge in [-0.2, -0.15) is 4.98 Å². The number of hydrogen-bond donors (Lipinski definition) is 1. The van der Waals surface area contributed by atoms with Gasteiger partial charge in [-0.05, 0) is 57.1 Å². The van der Waals surface area contributed by atoms with E-state index in [4.69, 9.17) is 16.3 Å². The molecule has 0 aliphatic carbocycles. The number of nitrogens with zero attached hydrogens (tertiary/aromatic N) is 2. The SMILES string of the molecule is COc1cc(C[C@H](C)[C@H](N[S@@+]([O-])C(C)(C)C)c2ccc(Cl)cc2)nc(SC)n1. The van der Waals surface area contributed by atoms with Crippen molar-refractivity contribution in [1.29, 1.82) is 0 Å². The smallest absolute Gasteiger partial charge is 0.217 e. The fourth-order valence-corrected chi connectivity index (χ4v) is 4.14. The van der Waals surface area contributed by atoms with Crippen molar-refractivity contribution in [2.45, 2.75) is 50.1 Å². The lowest BCUT2D eigenvalue weighted by Gasteiger charge is -2.31. The van der Waals surface area contributed by atoms with Crippen molar-refractivity contribution >= 4 is 34.7 Å². The molecule has 1 heterocycles. The lowest BCUT2D eigenvalue weighted by Crippen LogP contribution is -2.43. The van der Waals surface area contributed by atoms with Crippen LogP contribution in [0.2, 0.25) is 5.02 Å². The van der Waals surface area contributed by atoms with Gasteiger partial charge >= 0.3 is 0 Å². The molecule has 0 aliphatic heterocycles. The average Bonchev–Trinajstić information content (AvgIpc) is 2.65. The largest absolute Gasteiger partial charge is 0.598 e. The quantitative estimate of drug-likeness (QED) is 0.359. The van der Waals surface area contributed by atoms with Crippen LogP contribution in [0.3, 0.4) is 0 Å². The van der Waals surface area contributed by atoms with Crippen molar-refractivity contribution in [2.75, 3.05) is 13.4 Å². The number of halogens is 1. The Kier molecular flexibility index (Phi) is 8.45. The second-order valence-electron chi connectivity index (χ2n) is 7.60. The van der Waals surface area contributed by atoms with E-state index in [1.807, 2.05) is 57.4 Å². The first-order valence-corrected chi connectivity index (χ1v) is 11.8. The van der Waals surface area contributed by atoms with Gasteiger partial charge in [0, 0.05) is 28.1 Å². The Morgan fingerprint density at radius 3 is 2.43 bits per heavy atom. The molecule has 28 heavy (non-hydrogen) atoms. The number of ether oxygens (including phenoxy) is 1. The lowest BCUT2D eigenvalue weighted by atomic mass is 9.91. The van der Waals surface area contributed by atoms with E-state index in [1.165, 1.54) is 11.8 Å². The van der Waals surface area contributed by atoms with Crippen molar-refractivity contribution in [3.63, 3.8) is 0 Å². The monoisotopic (exact) mass is 441 g/mol. The molecule has 0 saturated heterocycles. The van der Waals surface area contributed by atoms with Crippen molar-refractivity contribution < 1.29 is 9.29 Å². The van der Waals surface area contributed by atoms with Gasteiger partial charge in [0.25, 0.3) is 0 Å². The number of aromatic nitrogens is 2. The molecule has 0 saturated carbocycles. The zero-order chi connectivity index (χ0) is 20.9. The van der Waals surface area contributed by atoms with Gasteiger partial charge in [-0.1, -0.05) is 42.4 Å². The Balaban J connectivity index is 2.30. The zero-order valence-electron chi connectivity index (χ0n) is 17.2. The standard InChI is InChI=1S/C20H28ClN3O2S2/c1-13(11-16-12-17(26-5)23-19(22-16)27-6)18(24-28(25)20(2,3)4)14-7-9-15(21)10-8-14/h7-10,12-13,18,24H,11H2,1-6H3/t13-,18-,28-/m0/s1. The Morgan fingerprint density at radius 2 is 1.89 bits per heavy atom. The molecule has 0 spiro atoms. The van der Waals surface area contributed by atoms with Crippen LogP contribution in [0.5, 0.6) is 5.88 Å². The van der Waals surface area contributed by atoms with E-state index in [-0.39, 0.29) is 16.7 Å². The minimum atomic E-state index is -1.21. The maximum atomic E-state index is 12.8. The molecule has 0 aliphatic rings. The summed E-state index contributed by atoms with van der Waals surface area (Å²) in [5, 5.41) is 1.35. The topological polar surface area (TPSA) is 70.1 Å². The van der Waals surface area contributed by atoms with E-state index in [0.717, 1.165) is 11.3 Å². The third-order valence-corrected chi connectivity index (χ3v) is 6.63. The summed E-state index contributed by atoms with van der Waals surface area (Å²) >= 11 is 6.33. The number of benzene rings is 1. The van der Waals surface area contributed by atoms with Crippen LogP contribution < -0.4 is 9.46 Å². The zero-order valence-corrected chi connectivity index (χ0v) is 19.5. The number of nitrogens with one attached hydrogen (secondary N) is 1. The summed E-state index contributed by atoms with van der Waals surface area (Å²) < 4.78 is 21.1. The molecule has 0 amide bonds. The Labute approximate surface area is 180 Å². The normalized spacial score (nSPS) is 15.1. The van der Waals surface area contributed by atoms with Crippen LogP contribution in [0.25, 0.3) is 0 Å². The van der Waals surface area contributed by atoms with Gasteiger partial charge in [-0.3, -0.25) is 0 Å². The van der Waals surface area contributed by atoms with Gasteiger partial charge in [0.1, 0.15) is 4.75 Å². The summed E-state index contributed by atoms with van der Waals surface area (Å²) in [6, 6.07) is 9.41. The molecule has 0 fully saturated rings. The van der Waals surface area contributed by atoms with Gasteiger partial charge in [0.15, 0.2) is 5.16 Å². The Bertz CT molecular complexity index is 747. The molecule has 8 heteroatoms. The second-order valence-corrected chi connectivity index (χ2v) is 10.8. The first-order valence-electron chi connectivity index (χ1n) is 9.03. The lowest BCUT2D eigenvalue weighted by molar-refractivity contribution is 0.386. The van der Waals surface area contributed by atoms with Gasteiger partial charge in [0.2, 0.25) is 5.88 Å². The van der Waals surface area contributed by atoms with Gasteiger partial charge in [-0.25, -0.2) is 4.98 Å². The van der Waals surface area contributed by atoms with Crippen molar-refractivity contribution in [2.24, 2.45) is 5.92 Å². The summed E-state index contributed by atoms with van der Waals surface area (Å²) in [5.41, 5.74) is 1.94. The van der Waals surface area contributed by atoms with Crippen LogP contribution in [0.4, 0.5) is 0 Å². The fourth-order valence-electron chi connectivity index (χ4n) is 2.67. The molecule has 1 N–H and O–H groups in total. The maximum Gasteiger partial charge on any atom is 0.217 e. The van der Waals surface area contributed by atoms with Crippen molar-refractivity contribution in [3.8, 4) is 5.88 Å². The van der Waals surface area contributed by atoms with E-state index in [1.54, 1.807) is 7.11 Å². The summed E-state index contributed by atoms with van der Waals surface area (Å²) in [7, 11) is 1.60. The van der Waals surface area contributed by atoms with Crippen LogP contribution in [0, 0.1) is 5.92 Å². The predicted molar refractivity (Wildman–Crippen MR) is 118 cm³/mol. The van der Waals surface area contributed by atoms with Crippen LogP contribution >= 0.6 is 23.4 Å². The molecule has 1 aromatic heterocycles. The minimum Gasteiger partial charge on any atom is -0.598 e. The van der Waals surface area contributed by atoms with E-state index in [9.17, 15) is 4.55 Å². The molecule has 2 rings (SSSR count). The highest BCUT2D eigenvalue weighted by molar-refractivity contribution is 7.98. The molecule has 0 bridgehead atoms. The molecular formula is C20H28ClN3O2S2.